The van der Waals surface area contributed by atoms with Crippen molar-refractivity contribution < 1.29 is 0 Å². The Morgan fingerprint density at radius 1 is 1.10 bits per heavy atom. The van der Waals surface area contributed by atoms with Crippen LogP contribution in [0.4, 0.5) is 23.3 Å². The van der Waals surface area contributed by atoms with E-state index < -0.39 is 0 Å². The first kappa shape index (κ1) is 13.3. The number of fused-ring (bicyclic) bond motifs is 1. The Labute approximate surface area is 125 Å². The molecule has 0 bridgehead atoms. The van der Waals surface area contributed by atoms with Crippen LogP contribution in [0, 0.1) is 0 Å². The minimum atomic E-state index is 0.110. The zero-order valence-electron chi connectivity index (χ0n) is 10.8. The number of anilines is 4. The fourth-order valence-corrected chi connectivity index (χ4v) is 2.20. The Morgan fingerprint density at radius 2 is 1.90 bits per heavy atom. The lowest BCUT2D eigenvalue weighted by Gasteiger charge is -2.10. The zero-order chi connectivity index (χ0) is 14.8. The number of nitrogens with zero attached hydrogens (tertiary/aromatic N) is 3. The maximum atomic E-state index is 6.16. The van der Waals surface area contributed by atoms with Crippen molar-refractivity contribution in [3.05, 3.63) is 41.6 Å². The topological polar surface area (TPSA) is 115 Å². The Hall–Kier alpha value is -2.64. The van der Waals surface area contributed by atoms with Crippen molar-refractivity contribution in [2.75, 3.05) is 16.5 Å². The van der Waals surface area contributed by atoms with Crippen LogP contribution in [-0.2, 0) is 0 Å². The van der Waals surface area contributed by atoms with E-state index in [0.717, 1.165) is 16.6 Å². The summed E-state index contributed by atoms with van der Waals surface area (Å²) in [6, 6.07) is 8.99. The summed E-state index contributed by atoms with van der Waals surface area (Å²) >= 11 is 6.16. The molecule has 0 radical (unpaired) electrons. The van der Waals surface area contributed by atoms with E-state index in [4.69, 9.17) is 23.2 Å². The number of hydrogen-bond acceptors (Lipinski definition) is 7. The fraction of sp³-hybridized carbons (Fsp3) is 0. The van der Waals surface area contributed by atoms with Gasteiger partial charge in [0.2, 0.25) is 5.95 Å². The van der Waals surface area contributed by atoms with E-state index in [2.05, 4.69) is 25.7 Å². The van der Waals surface area contributed by atoms with Gasteiger partial charge in [0.05, 0.1) is 16.2 Å². The van der Waals surface area contributed by atoms with Crippen molar-refractivity contribution in [2.24, 2.45) is 5.84 Å². The number of nitrogen functional groups attached to an aromatic ring is 2. The van der Waals surface area contributed by atoms with Crippen LogP contribution in [0.5, 0.6) is 0 Å². The summed E-state index contributed by atoms with van der Waals surface area (Å²) in [5.74, 6) is 6.37. The molecule has 0 saturated heterocycles. The minimum Gasteiger partial charge on any atom is -0.368 e. The average molecular weight is 302 g/mol. The van der Waals surface area contributed by atoms with Gasteiger partial charge in [-0.3, -0.25) is 4.98 Å². The summed E-state index contributed by atoms with van der Waals surface area (Å²) in [6.07, 6.45) is 1.70. The molecule has 8 heteroatoms. The highest BCUT2D eigenvalue weighted by atomic mass is 35.5. The van der Waals surface area contributed by atoms with Gasteiger partial charge < -0.3 is 16.5 Å². The molecule has 1 aromatic carbocycles. The molecule has 0 fully saturated rings. The Balaban J connectivity index is 2.06. The van der Waals surface area contributed by atoms with Crippen molar-refractivity contribution in [2.45, 2.75) is 0 Å². The van der Waals surface area contributed by atoms with E-state index in [-0.39, 0.29) is 5.95 Å². The van der Waals surface area contributed by atoms with Gasteiger partial charge >= 0.3 is 0 Å². The molecule has 0 aliphatic rings. The molecule has 3 aromatic rings. The van der Waals surface area contributed by atoms with Crippen molar-refractivity contribution >= 4 is 45.8 Å². The highest BCUT2D eigenvalue weighted by Gasteiger charge is 2.08. The summed E-state index contributed by atoms with van der Waals surface area (Å²) in [6.45, 7) is 0. The third-order valence-corrected chi connectivity index (χ3v) is 3.20. The second-order valence-electron chi connectivity index (χ2n) is 4.26. The van der Waals surface area contributed by atoms with Gasteiger partial charge in [-0.15, -0.1) is 0 Å². The molecule has 0 aliphatic heterocycles. The van der Waals surface area contributed by atoms with E-state index in [1.54, 1.807) is 18.3 Å². The molecular weight excluding hydrogens is 290 g/mol. The molecule has 21 heavy (non-hydrogen) atoms. The predicted molar refractivity (Wildman–Crippen MR) is 84.3 cm³/mol. The lowest BCUT2D eigenvalue weighted by molar-refractivity contribution is 1.15. The lowest BCUT2D eigenvalue weighted by atomic mass is 10.2. The van der Waals surface area contributed by atoms with E-state index in [9.17, 15) is 0 Å². The van der Waals surface area contributed by atoms with Crippen molar-refractivity contribution in [3.8, 4) is 0 Å². The van der Waals surface area contributed by atoms with Crippen LogP contribution < -0.4 is 22.3 Å². The van der Waals surface area contributed by atoms with Gasteiger partial charge in [-0.25, -0.2) is 5.84 Å². The number of hydrogen-bond donors (Lipinski definition) is 4. The number of halogens is 1. The van der Waals surface area contributed by atoms with Crippen molar-refractivity contribution in [1.82, 2.24) is 15.0 Å². The molecule has 3 rings (SSSR count). The number of pyridine rings is 1. The summed E-state index contributed by atoms with van der Waals surface area (Å²) in [4.78, 5) is 12.4. The largest absolute Gasteiger partial charge is 0.368 e. The Morgan fingerprint density at radius 3 is 2.71 bits per heavy atom. The number of rotatable bonds is 3. The van der Waals surface area contributed by atoms with Gasteiger partial charge in [-0.05, 0) is 24.3 Å². The quantitative estimate of drug-likeness (QED) is 0.433. The molecular formula is C13H12ClN7. The third-order valence-electron chi connectivity index (χ3n) is 2.87. The number of nitrogens with two attached hydrogens (primary N) is 2. The van der Waals surface area contributed by atoms with Gasteiger partial charge in [-0.2, -0.15) is 9.97 Å². The molecule has 0 saturated carbocycles. The van der Waals surface area contributed by atoms with E-state index >= 15 is 0 Å². The molecule has 106 valence electrons. The van der Waals surface area contributed by atoms with E-state index in [1.807, 2.05) is 18.2 Å². The maximum absolute atomic E-state index is 6.16. The molecule has 2 heterocycles. The van der Waals surface area contributed by atoms with E-state index in [1.165, 1.54) is 0 Å². The van der Waals surface area contributed by atoms with Crippen LogP contribution in [0.1, 0.15) is 0 Å². The summed E-state index contributed by atoms with van der Waals surface area (Å²) in [7, 11) is 0. The normalized spacial score (nSPS) is 10.6. The summed E-state index contributed by atoms with van der Waals surface area (Å²) < 4.78 is 0. The Kier molecular flexibility index (Phi) is 3.43. The number of aromatic nitrogens is 3. The van der Waals surface area contributed by atoms with Gasteiger partial charge in [0, 0.05) is 17.6 Å². The van der Waals surface area contributed by atoms with Crippen LogP contribution >= 0.6 is 11.6 Å². The summed E-state index contributed by atoms with van der Waals surface area (Å²) in [5.41, 5.74) is 9.56. The molecule has 7 nitrogen and oxygen atoms in total. The monoisotopic (exact) mass is 301 g/mol. The molecule has 0 amide bonds. The number of nitrogens with one attached hydrogen (secondary N) is 2. The van der Waals surface area contributed by atoms with Gasteiger partial charge in [0.1, 0.15) is 11.6 Å². The zero-order valence-corrected chi connectivity index (χ0v) is 11.6. The molecule has 0 unspecified atom stereocenters. The van der Waals surface area contributed by atoms with Crippen LogP contribution in [0.2, 0.25) is 5.02 Å². The maximum Gasteiger partial charge on any atom is 0.223 e. The van der Waals surface area contributed by atoms with Gasteiger partial charge in [-0.1, -0.05) is 11.6 Å². The molecule has 2 aromatic heterocycles. The first-order chi connectivity index (χ1) is 10.2. The molecule has 0 spiro atoms. The van der Waals surface area contributed by atoms with Gasteiger partial charge in [0.25, 0.3) is 0 Å². The first-order valence-electron chi connectivity index (χ1n) is 6.09. The number of benzene rings is 1. The van der Waals surface area contributed by atoms with Crippen LogP contribution in [0.3, 0.4) is 0 Å². The second kappa shape index (κ2) is 5.39. The van der Waals surface area contributed by atoms with Crippen LogP contribution in [-0.4, -0.2) is 15.0 Å². The average Bonchev–Trinajstić information content (AvgIpc) is 2.50. The SMILES string of the molecule is NNc1cc(Nc2ccc(Cl)c3cccnc23)nc(N)n1. The third kappa shape index (κ3) is 2.64. The summed E-state index contributed by atoms with van der Waals surface area (Å²) in [5, 5.41) is 4.63. The number of hydrazine groups is 1. The lowest BCUT2D eigenvalue weighted by Crippen LogP contribution is -2.11. The predicted octanol–water partition coefficient (Wildman–Crippen LogP) is 2.29. The van der Waals surface area contributed by atoms with Crippen LogP contribution in [0.25, 0.3) is 10.9 Å². The fourth-order valence-electron chi connectivity index (χ4n) is 1.98. The van der Waals surface area contributed by atoms with Crippen molar-refractivity contribution in [3.63, 3.8) is 0 Å². The minimum absolute atomic E-state index is 0.110. The van der Waals surface area contributed by atoms with E-state index in [0.29, 0.717) is 16.7 Å². The first-order valence-corrected chi connectivity index (χ1v) is 6.46. The van der Waals surface area contributed by atoms with Crippen molar-refractivity contribution in [1.29, 1.82) is 0 Å². The Bertz CT molecular complexity index is 806. The molecule has 0 atom stereocenters. The van der Waals surface area contributed by atoms with Crippen LogP contribution in [0.15, 0.2) is 36.5 Å². The smallest absolute Gasteiger partial charge is 0.223 e. The second-order valence-corrected chi connectivity index (χ2v) is 4.67. The van der Waals surface area contributed by atoms with Gasteiger partial charge in [0.15, 0.2) is 0 Å². The highest BCUT2D eigenvalue weighted by Crippen LogP contribution is 2.29. The standard InChI is InChI=1S/C13H12ClN7/c14-8-3-4-9(12-7(8)2-1-5-17-12)18-10-6-11(21-16)20-13(15)19-10/h1-6H,16H2,(H4,15,18,19,20,21). The molecule has 6 N–H and O–H groups in total. The highest BCUT2D eigenvalue weighted by molar-refractivity contribution is 6.35. The molecule has 0 aliphatic carbocycles.